The molecule has 30 heavy (non-hydrogen) atoms. The van der Waals surface area contributed by atoms with Crippen LogP contribution in [0.1, 0.15) is 35.2 Å². The van der Waals surface area contributed by atoms with Crippen molar-refractivity contribution in [3.8, 4) is 0 Å². The van der Waals surface area contributed by atoms with Gasteiger partial charge in [-0.05, 0) is 44.4 Å². The molecule has 0 spiro atoms. The third-order valence-corrected chi connectivity index (χ3v) is 5.18. The molecule has 8 heteroatoms. The van der Waals surface area contributed by atoms with Gasteiger partial charge in [-0.15, -0.1) is 0 Å². The average molecular weight is 410 g/mol. The summed E-state index contributed by atoms with van der Waals surface area (Å²) in [7, 11) is 1.52. The number of aryl methyl sites for hydroxylation is 1. The second kappa shape index (κ2) is 9.39. The second-order valence-electron chi connectivity index (χ2n) is 7.58. The Balaban J connectivity index is 1.77. The fourth-order valence-electron chi connectivity index (χ4n) is 3.55. The lowest BCUT2D eigenvalue weighted by Gasteiger charge is -2.31. The first-order valence-corrected chi connectivity index (χ1v) is 10.0. The van der Waals surface area contributed by atoms with Gasteiger partial charge < -0.3 is 15.1 Å². The van der Waals surface area contributed by atoms with Gasteiger partial charge in [-0.25, -0.2) is 0 Å². The zero-order valence-corrected chi connectivity index (χ0v) is 17.3. The zero-order chi connectivity index (χ0) is 21.7. The molecule has 2 aromatic rings. The molecule has 1 N–H and O–H groups in total. The lowest BCUT2D eigenvalue weighted by molar-refractivity contribution is -0.384. The van der Waals surface area contributed by atoms with Crippen molar-refractivity contribution in [1.29, 1.82) is 0 Å². The largest absolute Gasteiger partial charge is 0.371 e. The number of piperidine rings is 1. The van der Waals surface area contributed by atoms with Crippen LogP contribution in [-0.2, 0) is 4.79 Å². The monoisotopic (exact) mass is 410 g/mol. The van der Waals surface area contributed by atoms with Gasteiger partial charge >= 0.3 is 0 Å². The van der Waals surface area contributed by atoms with E-state index in [-0.39, 0.29) is 23.7 Å². The van der Waals surface area contributed by atoms with Gasteiger partial charge in [0, 0.05) is 38.0 Å². The minimum atomic E-state index is -0.513. The maximum atomic E-state index is 13.1. The van der Waals surface area contributed by atoms with E-state index < -0.39 is 10.8 Å². The Labute approximate surface area is 175 Å². The van der Waals surface area contributed by atoms with Crippen LogP contribution in [-0.4, -0.2) is 48.3 Å². The van der Waals surface area contributed by atoms with Gasteiger partial charge in [0.2, 0.25) is 5.91 Å². The molecule has 1 aliphatic rings. The smallest absolute Gasteiger partial charge is 0.270 e. The van der Waals surface area contributed by atoms with Crippen LogP contribution >= 0.6 is 0 Å². The van der Waals surface area contributed by atoms with E-state index in [2.05, 4.69) is 10.2 Å². The normalized spacial score (nSPS) is 13.6. The van der Waals surface area contributed by atoms with E-state index in [4.69, 9.17) is 0 Å². The summed E-state index contributed by atoms with van der Waals surface area (Å²) < 4.78 is 0. The molecule has 0 aromatic heterocycles. The molecule has 0 bridgehead atoms. The van der Waals surface area contributed by atoms with Crippen molar-refractivity contribution < 1.29 is 14.5 Å². The van der Waals surface area contributed by atoms with Gasteiger partial charge in [0.1, 0.15) is 0 Å². The van der Waals surface area contributed by atoms with Crippen molar-refractivity contribution in [1.82, 2.24) is 4.90 Å². The summed E-state index contributed by atoms with van der Waals surface area (Å²) in [5.74, 6) is -0.752. The molecular weight excluding hydrogens is 384 g/mol. The summed E-state index contributed by atoms with van der Waals surface area (Å²) in [6.07, 6.45) is 3.16. The Bertz CT molecular complexity index is 937. The Morgan fingerprint density at radius 3 is 2.40 bits per heavy atom. The third-order valence-electron chi connectivity index (χ3n) is 5.18. The number of hydrogen-bond acceptors (Lipinski definition) is 5. The molecule has 1 fully saturated rings. The lowest BCUT2D eigenvalue weighted by Crippen LogP contribution is -2.37. The predicted octanol–water partition coefficient (Wildman–Crippen LogP) is 3.60. The minimum Gasteiger partial charge on any atom is -0.371 e. The van der Waals surface area contributed by atoms with Gasteiger partial charge in [-0.3, -0.25) is 19.7 Å². The van der Waals surface area contributed by atoms with Crippen molar-refractivity contribution in [2.75, 3.05) is 36.9 Å². The molecule has 1 saturated heterocycles. The van der Waals surface area contributed by atoms with E-state index in [0.717, 1.165) is 37.9 Å². The van der Waals surface area contributed by atoms with Crippen LogP contribution < -0.4 is 10.2 Å². The summed E-state index contributed by atoms with van der Waals surface area (Å²) in [5.41, 5.74) is 2.51. The highest BCUT2D eigenvalue weighted by molar-refractivity contribution is 6.03. The van der Waals surface area contributed by atoms with Crippen molar-refractivity contribution in [2.24, 2.45) is 0 Å². The second-order valence-corrected chi connectivity index (χ2v) is 7.58. The molecule has 158 valence electrons. The number of amides is 2. The maximum Gasteiger partial charge on any atom is 0.270 e. The number of non-ortho nitro benzene ring substituents is 1. The number of nitro groups is 1. The van der Waals surface area contributed by atoms with E-state index in [0.29, 0.717) is 11.4 Å². The molecule has 2 aromatic carbocycles. The number of nitro benzene ring substituents is 1. The van der Waals surface area contributed by atoms with Crippen LogP contribution in [0.3, 0.4) is 0 Å². The molecule has 8 nitrogen and oxygen atoms in total. The topological polar surface area (TPSA) is 95.8 Å². The summed E-state index contributed by atoms with van der Waals surface area (Å²) in [4.78, 5) is 39.6. The highest BCUT2D eigenvalue weighted by Crippen LogP contribution is 2.29. The van der Waals surface area contributed by atoms with Crippen molar-refractivity contribution in [3.63, 3.8) is 0 Å². The number of rotatable bonds is 6. The molecular formula is C22H26N4O4. The number of likely N-dealkylation sites (N-methyl/N-ethyl adjacent to an activating group) is 1. The standard InChI is InChI=1S/C22H26N4O4/c1-16-6-8-17(9-7-16)23-21(27)15-24(2)22(28)19-14-18(26(29)30)10-11-20(19)25-12-4-3-5-13-25/h6-11,14H,3-5,12-13,15H2,1-2H3,(H,23,27). The van der Waals surface area contributed by atoms with Crippen LogP contribution in [0.25, 0.3) is 0 Å². The molecule has 1 aliphatic heterocycles. The molecule has 3 rings (SSSR count). The fraction of sp³-hybridized carbons (Fsp3) is 0.364. The van der Waals surface area contributed by atoms with Gasteiger partial charge in [0.25, 0.3) is 11.6 Å². The number of hydrogen-bond donors (Lipinski definition) is 1. The highest BCUT2D eigenvalue weighted by atomic mass is 16.6. The molecule has 0 unspecified atom stereocenters. The fourth-order valence-corrected chi connectivity index (χ4v) is 3.55. The minimum absolute atomic E-state index is 0.142. The van der Waals surface area contributed by atoms with Crippen LogP contribution in [0.4, 0.5) is 17.1 Å². The molecule has 0 saturated carbocycles. The molecule has 0 radical (unpaired) electrons. The lowest BCUT2D eigenvalue weighted by atomic mass is 10.1. The SMILES string of the molecule is Cc1ccc(NC(=O)CN(C)C(=O)c2cc([N+](=O)[O-])ccc2N2CCCCC2)cc1. The van der Waals surface area contributed by atoms with E-state index in [1.165, 1.54) is 24.1 Å². The first-order valence-electron chi connectivity index (χ1n) is 10.0. The van der Waals surface area contributed by atoms with E-state index in [9.17, 15) is 19.7 Å². The van der Waals surface area contributed by atoms with E-state index in [1.807, 2.05) is 19.1 Å². The Morgan fingerprint density at radius 1 is 1.10 bits per heavy atom. The highest BCUT2D eigenvalue weighted by Gasteiger charge is 2.24. The summed E-state index contributed by atoms with van der Waals surface area (Å²) >= 11 is 0. The Morgan fingerprint density at radius 2 is 1.77 bits per heavy atom. The van der Waals surface area contributed by atoms with E-state index >= 15 is 0 Å². The number of carbonyl (C=O) groups excluding carboxylic acids is 2. The van der Waals surface area contributed by atoms with Gasteiger partial charge in [-0.2, -0.15) is 0 Å². The van der Waals surface area contributed by atoms with Crippen LogP contribution in [0, 0.1) is 17.0 Å². The average Bonchev–Trinajstić information content (AvgIpc) is 2.75. The van der Waals surface area contributed by atoms with E-state index in [1.54, 1.807) is 18.2 Å². The van der Waals surface area contributed by atoms with Crippen molar-refractivity contribution >= 4 is 28.9 Å². The Hall–Kier alpha value is -3.42. The number of carbonyl (C=O) groups is 2. The van der Waals surface area contributed by atoms with Crippen molar-refractivity contribution in [2.45, 2.75) is 26.2 Å². The summed E-state index contributed by atoms with van der Waals surface area (Å²) in [5, 5.41) is 14.0. The quantitative estimate of drug-likeness (QED) is 0.580. The number of benzene rings is 2. The van der Waals surface area contributed by atoms with Gasteiger partial charge in [0.05, 0.1) is 22.7 Å². The zero-order valence-electron chi connectivity index (χ0n) is 17.3. The van der Waals surface area contributed by atoms with Gasteiger partial charge in [0.15, 0.2) is 0 Å². The predicted molar refractivity (Wildman–Crippen MR) is 116 cm³/mol. The molecule has 0 aliphatic carbocycles. The number of anilines is 2. The maximum absolute atomic E-state index is 13.1. The number of nitrogens with one attached hydrogen (secondary N) is 1. The van der Waals surface area contributed by atoms with Crippen LogP contribution in [0.5, 0.6) is 0 Å². The molecule has 2 amide bonds. The van der Waals surface area contributed by atoms with Crippen LogP contribution in [0.15, 0.2) is 42.5 Å². The van der Waals surface area contributed by atoms with Gasteiger partial charge in [-0.1, -0.05) is 17.7 Å². The molecule has 1 heterocycles. The molecule has 0 atom stereocenters. The number of nitrogens with zero attached hydrogens (tertiary/aromatic N) is 3. The van der Waals surface area contributed by atoms with Crippen LogP contribution in [0.2, 0.25) is 0 Å². The summed E-state index contributed by atoms with van der Waals surface area (Å²) in [6, 6.07) is 11.7. The summed E-state index contributed by atoms with van der Waals surface area (Å²) in [6.45, 7) is 3.40. The van der Waals surface area contributed by atoms with Crippen molar-refractivity contribution in [3.05, 3.63) is 63.7 Å². The first kappa shape index (κ1) is 21.3. The first-order chi connectivity index (χ1) is 14.3. The Kier molecular flexibility index (Phi) is 6.66. The third kappa shape index (κ3) is 5.14.